The van der Waals surface area contributed by atoms with Gasteiger partial charge in [0.25, 0.3) is 0 Å². The minimum Gasteiger partial charge on any atom is -0.495 e. The fourth-order valence-corrected chi connectivity index (χ4v) is 7.03. The monoisotopic (exact) mass is 738 g/mol. The van der Waals surface area contributed by atoms with Gasteiger partial charge in [0.05, 0.1) is 25.1 Å². The minimum absolute atomic E-state index is 0. The predicted octanol–water partition coefficient (Wildman–Crippen LogP) is 8.48. The first-order valence-corrected chi connectivity index (χ1v) is 18.4. The molecule has 0 radical (unpaired) electrons. The number of rotatable bonds is 17. The molecule has 0 unspecified atom stereocenters. The average molecular weight is 739 g/mol. The lowest BCUT2D eigenvalue weighted by atomic mass is 10.0. The van der Waals surface area contributed by atoms with Crippen molar-refractivity contribution in [2.75, 3.05) is 63.3 Å². The number of ketones is 1. The van der Waals surface area contributed by atoms with E-state index in [4.69, 9.17) is 14.6 Å². The number of hydrogen-bond donors (Lipinski definition) is 1. The number of aliphatic carboxylic acids is 1. The summed E-state index contributed by atoms with van der Waals surface area (Å²) in [7, 11) is 3.75. The smallest absolute Gasteiger partial charge is 0.303 e. The van der Waals surface area contributed by atoms with Gasteiger partial charge < -0.3 is 28.9 Å². The van der Waals surface area contributed by atoms with Crippen LogP contribution in [0.25, 0.3) is 10.9 Å². The van der Waals surface area contributed by atoms with Crippen LogP contribution in [0.15, 0.2) is 97.2 Å². The van der Waals surface area contributed by atoms with Crippen molar-refractivity contribution in [3.05, 3.63) is 114 Å². The molecule has 1 aromatic heterocycles. The van der Waals surface area contributed by atoms with E-state index in [2.05, 4.69) is 58.0 Å². The molecule has 0 amide bonds. The van der Waals surface area contributed by atoms with Crippen LogP contribution in [0.1, 0.15) is 54.1 Å². The van der Waals surface area contributed by atoms with Crippen LogP contribution in [0.3, 0.4) is 0 Å². The Kier molecular flexibility index (Phi) is 13.8. The van der Waals surface area contributed by atoms with Gasteiger partial charge in [-0.05, 0) is 86.3 Å². The van der Waals surface area contributed by atoms with Gasteiger partial charge in [0.1, 0.15) is 11.5 Å². The molecule has 1 fully saturated rings. The second-order valence-corrected chi connectivity index (χ2v) is 13.4. The lowest BCUT2D eigenvalue weighted by molar-refractivity contribution is -0.137. The molecule has 1 aliphatic heterocycles. The molecule has 2 heterocycles. The van der Waals surface area contributed by atoms with E-state index in [0.717, 1.165) is 85.7 Å². The number of piperazine rings is 1. The van der Waals surface area contributed by atoms with Gasteiger partial charge >= 0.3 is 5.97 Å². The minimum atomic E-state index is -0.824. The summed E-state index contributed by atoms with van der Waals surface area (Å²) in [5.74, 6) is 0.673. The van der Waals surface area contributed by atoms with Crippen molar-refractivity contribution < 1.29 is 24.2 Å². The quantitative estimate of drug-likeness (QED) is 0.0751. The van der Waals surface area contributed by atoms with E-state index in [0.29, 0.717) is 36.4 Å². The molecule has 4 aromatic carbocycles. The topological polar surface area (TPSA) is 87.5 Å². The van der Waals surface area contributed by atoms with Gasteiger partial charge in [-0.15, -0.1) is 12.4 Å². The number of benzene rings is 4. The van der Waals surface area contributed by atoms with Crippen LogP contribution in [-0.4, -0.2) is 79.8 Å². The van der Waals surface area contributed by atoms with Gasteiger partial charge in [0, 0.05) is 80.1 Å². The molecule has 9 nitrogen and oxygen atoms in total. The Morgan fingerprint density at radius 1 is 0.830 bits per heavy atom. The van der Waals surface area contributed by atoms with Crippen molar-refractivity contribution in [2.24, 2.45) is 0 Å². The fourth-order valence-electron chi connectivity index (χ4n) is 7.03. The number of unbranched alkanes of at least 4 members (excludes halogenated alkanes) is 1. The van der Waals surface area contributed by atoms with Crippen LogP contribution in [0.2, 0.25) is 0 Å². The zero-order chi connectivity index (χ0) is 36.5. The third-order valence-electron chi connectivity index (χ3n) is 10.1. The predicted molar refractivity (Wildman–Crippen MR) is 216 cm³/mol. The molecule has 0 spiro atoms. The lowest BCUT2D eigenvalue weighted by Gasteiger charge is -2.36. The van der Waals surface area contributed by atoms with Crippen LogP contribution in [0.4, 0.5) is 17.1 Å². The van der Waals surface area contributed by atoms with Crippen molar-refractivity contribution in [2.45, 2.75) is 45.6 Å². The van der Waals surface area contributed by atoms with Crippen LogP contribution in [0, 0.1) is 0 Å². The van der Waals surface area contributed by atoms with Crippen molar-refractivity contribution in [1.82, 2.24) is 9.47 Å². The second kappa shape index (κ2) is 18.7. The first-order valence-electron chi connectivity index (χ1n) is 18.4. The summed E-state index contributed by atoms with van der Waals surface area (Å²) in [5, 5.41) is 10.0. The summed E-state index contributed by atoms with van der Waals surface area (Å²) < 4.78 is 14.1. The molecule has 280 valence electrons. The number of anilines is 3. The number of para-hydroxylation sites is 3. The number of carbonyl (C=O) groups is 2. The van der Waals surface area contributed by atoms with Crippen LogP contribution >= 0.6 is 12.4 Å². The maximum atomic E-state index is 14.1. The van der Waals surface area contributed by atoms with Gasteiger partial charge in [0.2, 0.25) is 0 Å². The molecular formula is C43H51ClN4O5. The Hall–Kier alpha value is -4.99. The number of carboxylic acid groups (broad SMARTS) is 1. The van der Waals surface area contributed by atoms with Gasteiger partial charge in [-0.1, -0.05) is 49.4 Å². The van der Waals surface area contributed by atoms with Crippen molar-refractivity contribution in [3.63, 3.8) is 0 Å². The number of aryl methyl sites for hydroxylation is 2. The molecule has 1 N–H and O–H groups in total. The molecule has 0 aliphatic carbocycles. The highest BCUT2D eigenvalue weighted by Crippen LogP contribution is 2.35. The Balaban J connectivity index is 0.00000541. The third-order valence-corrected chi connectivity index (χ3v) is 10.1. The van der Waals surface area contributed by atoms with Gasteiger partial charge in [-0.25, -0.2) is 0 Å². The first kappa shape index (κ1) is 39.2. The highest BCUT2D eigenvalue weighted by atomic mass is 35.5. The van der Waals surface area contributed by atoms with E-state index in [9.17, 15) is 9.59 Å². The number of carboxylic acids is 1. The Bertz CT molecular complexity index is 1970. The normalized spacial score (nSPS) is 13.1. The molecule has 0 saturated carbocycles. The van der Waals surface area contributed by atoms with Crippen LogP contribution in [-0.2, 0) is 17.8 Å². The Morgan fingerprint density at radius 3 is 2.30 bits per heavy atom. The molecule has 10 heteroatoms. The maximum absolute atomic E-state index is 14.1. The van der Waals surface area contributed by atoms with Crippen molar-refractivity contribution >= 4 is 52.1 Å². The number of nitrogens with zero attached hydrogens (tertiary/aromatic N) is 4. The highest BCUT2D eigenvalue weighted by Gasteiger charge is 2.21. The summed E-state index contributed by atoms with van der Waals surface area (Å²) >= 11 is 0. The number of fused-ring (bicyclic) bond motifs is 1. The van der Waals surface area contributed by atoms with E-state index < -0.39 is 5.97 Å². The van der Waals surface area contributed by atoms with Crippen molar-refractivity contribution in [3.8, 4) is 11.5 Å². The number of ether oxygens (including phenoxy) is 2. The van der Waals surface area contributed by atoms with E-state index in [1.165, 1.54) is 5.56 Å². The Morgan fingerprint density at radius 2 is 1.57 bits per heavy atom. The summed E-state index contributed by atoms with van der Waals surface area (Å²) in [4.78, 5) is 32.3. The van der Waals surface area contributed by atoms with Crippen LogP contribution in [0.5, 0.6) is 11.5 Å². The van der Waals surface area contributed by atoms with Crippen molar-refractivity contribution in [1.29, 1.82) is 0 Å². The van der Waals surface area contributed by atoms with Crippen LogP contribution < -0.4 is 19.3 Å². The third kappa shape index (κ3) is 9.52. The fraction of sp³-hybridized carbons (Fsp3) is 0.349. The molecule has 1 aliphatic rings. The zero-order valence-electron chi connectivity index (χ0n) is 31.0. The molecule has 53 heavy (non-hydrogen) atoms. The zero-order valence-corrected chi connectivity index (χ0v) is 31.8. The standard InChI is InChI=1S/C43H50N4O5.ClH/c1-4-32-17-20-34(21-18-32)44(2)38-22-19-33(43(50)36-31-47(24-11-16-42(48)49)37-13-6-5-12-35(36)37)30-41(38)52-29-10-9-23-45-25-27-46(28-26-45)39-14-7-8-15-40(39)51-3;/h5-8,12-15,17-22,30-31H,4,9-11,16,23-29H2,1-3H3,(H,48,49);1H. The lowest BCUT2D eigenvalue weighted by Crippen LogP contribution is -2.46. The summed E-state index contributed by atoms with van der Waals surface area (Å²) in [6.45, 7) is 8.16. The van der Waals surface area contributed by atoms with E-state index in [1.54, 1.807) is 7.11 Å². The van der Waals surface area contributed by atoms with Gasteiger partial charge in [0.15, 0.2) is 5.78 Å². The highest BCUT2D eigenvalue weighted by molar-refractivity contribution is 6.16. The molecule has 0 bridgehead atoms. The summed E-state index contributed by atoms with van der Waals surface area (Å²) in [6.07, 6.45) is 5.30. The molecule has 1 saturated heterocycles. The summed E-state index contributed by atoms with van der Waals surface area (Å²) in [5.41, 5.74) is 6.43. The SMILES string of the molecule is CCc1ccc(N(C)c2ccc(C(=O)c3cn(CCCC(=O)O)c4ccccc34)cc2OCCCCN2CCN(c3ccccc3OC)CC2)cc1.Cl. The number of hydrogen-bond acceptors (Lipinski definition) is 7. The molecule has 5 aromatic rings. The average Bonchev–Trinajstić information content (AvgIpc) is 3.55. The molecule has 6 rings (SSSR count). The molecule has 0 atom stereocenters. The molecular weight excluding hydrogens is 688 g/mol. The number of aromatic nitrogens is 1. The van der Waals surface area contributed by atoms with E-state index >= 15 is 0 Å². The number of methoxy groups -OCH3 is 1. The number of carbonyl (C=O) groups excluding carboxylic acids is 1. The first-order chi connectivity index (χ1) is 25.4. The van der Waals surface area contributed by atoms with Gasteiger partial charge in [-0.3, -0.25) is 14.5 Å². The van der Waals surface area contributed by atoms with Gasteiger partial charge in [-0.2, -0.15) is 0 Å². The Labute approximate surface area is 319 Å². The second-order valence-electron chi connectivity index (χ2n) is 13.4. The summed E-state index contributed by atoms with van der Waals surface area (Å²) in [6, 6.07) is 30.3. The number of halogens is 1. The van der Waals surface area contributed by atoms with E-state index in [-0.39, 0.29) is 24.6 Å². The maximum Gasteiger partial charge on any atom is 0.303 e. The van der Waals surface area contributed by atoms with E-state index in [1.807, 2.05) is 72.4 Å². The largest absolute Gasteiger partial charge is 0.495 e.